The highest BCUT2D eigenvalue weighted by molar-refractivity contribution is 7.80. The van der Waals surface area contributed by atoms with E-state index < -0.39 is 22.0 Å². The molecule has 0 aromatic heterocycles. The zero-order valence-electron chi connectivity index (χ0n) is 8.27. The van der Waals surface area contributed by atoms with E-state index in [1.54, 1.807) is 12.2 Å². The molecule has 0 aromatic carbocycles. The Bertz CT molecular complexity index is 443. The summed E-state index contributed by atoms with van der Waals surface area (Å²) in [6, 6.07) is 0. The molecule has 2 bridgehead atoms. The van der Waals surface area contributed by atoms with Crippen molar-refractivity contribution in [1.29, 1.82) is 0 Å². The van der Waals surface area contributed by atoms with Crippen LogP contribution in [0.15, 0.2) is 12.2 Å². The average molecular weight is 249 g/mol. The Labute approximate surface area is 92.2 Å². The first kappa shape index (κ1) is 11.5. The maximum absolute atomic E-state index is 10.9. The van der Waals surface area contributed by atoms with Gasteiger partial charge in [-0.15, -0.1) is 0 Å². The summed E-state index contributed by atoms with van der Waals surface area (Å²) >= 11 is 0. The lowest BCUT2D eigenvalue weighted by Gasteiger charge is -2.20. The Morgan fingerprint density at radius 2 is 2.19 bits per heavy atom. The molecule has 2 aliphatic rings. The van der Waals surface area contributed by atoms with Crippen molar-refractivity contribution < 1.29 is 22.1 Å². The molecule has 7 nitrogen and oxygen atoms in total. The summed E-state index contributed by atoms with van der Waals surface area (Å²) in [5.74, 6) is -0.318. The quantitative estimate of drug-likeness (QED) is 0.339. The van der Waals surface area contributed by atoms with Gasteiger partial charge in [-0.25, -0.2) is 4.18 Å². The molecule has 8 heteroatoms. The van der Waals surface area contributed by atoms with Gasteiger partial charge in [0.25, 0.3) is 0 Å². The number of fused-ring (bicyclic) bond motifs is 2. The van der Waals surface area contributed by atoms with Gasteiger partial charge in [-0.05, 0) is 0 Å². The van der Waals surface area contributed by atoms with Gasteiger partial charge in [0, 0.05) is 30.1 Å². The number of hydrogen-bond donors (Lipinski definition) is 1. The summed E-state index contributed by atoms with van der Waals surface area (Å²) in [7, 11) is -4.56. The Kier molecular flexibility index (Phi) is 2.52. The summed E-state index contributed by atoms with van der Waals surface area (Å²) < 4.78 is 34.2. The van der Waals surface area contributed by atoms with Crippen molar-refractivity contribution in [2.75, 3.05) is 0 Å². The first-order valence-electron chi connectivity index (χ1n) is 4.79. The minimum atomic E-state index is -4.56. The summed E-state index contributed by atoms with van der Waals surface area (Å²) in [6.45, 7) is 0. The third-order valence-corrected chi connectivity index (χ3v) is 3.68. The van der Waals surface area contributed by atoms with E-state index in [1.807, 2.05) is 0 Å². The highest BCUT2D eigenvalue weighted by Gasteiger charge is 2.56. The summed E-state index contributed by atoms with van der Waals surface area (Å²) in [6.07, 6.45) is 3.10. The smallest absolute Gasteiger partial charge is 0.264 e. The summed E-state index contributed by atoms with van der Waals surface area (Å²) in [5, 5.41) is 10.9. The fourth-order valence-corrected chi connectivity index (χ4v) is 3.01. The molecule has 0 aromatic rings. The molecule has 3 atom stereocenters. The lowest BCUT2D eigenvalue weighted by Crippen LogP contribution is -2.36. The second kappa shape index (κ2) is 3.51. The van der Waals surface area contributed by atoms with Gasteiger partial charge in [0.2, 0.25) is 5.54 Å². The third kappa shape index (κ3) is 1.95. The van der Waals surface area contributed by atoms with Gasteiger partial charge in [-0.3, -0.25) is 14.7 Å². The molecule has 0 heterocycles. The van der Waals surface area contributed by atoms with Crippen molar-refractivity contribution in [3.63, 3.8) is 0 Å². The van der Waals surface area contributed by atoms with Gasteiger partial charge in [0.1, 0.15) is 0 Å². The molecule has 1 N–H and O–H groups in total. The highest BCUT2D eigenvalue weighted by atomic mass is 32.3. The molecule has 1 saturated carbocycles. The lowest BCUT2D eigenvalue weighted by atomic mass is 9.88. The molecule has 90 valence electrons. The van der Waals surface area contributed by atoms with Crippen LogP contribution in [-0.2, 0) is 14.6 Å². The number of nitro groups is 1. The zero-order chi connectivity index (χ0) is 12.0. The average Bonchev–Trinajstić information content (AvgIpc) is 2.37. The SMILES string of the molecule is O=[N+]([O-])C12CC=CC(C1)C(OS(=O)(=O)O)C2. The van der Waals surface area contributed by atoms with E-state index in [-0.39, 0.29) is 30.1 Å². The lowest BCUT2D eigenvalue weighted by molar-refractivity contribution is -0.569. The second-order valence-electron chi connectivity index (χ2n) is 4.25. The Balaban J connectivity index is 2.22. The molecule has 0 spiro atoms. The maximum atomic E-state index is 10.9. The minimum absolute atomic E-state index is 0.0114. The van der Waals surface area contributed by atoms with Crippen LogP contribution in [0.5, 0.6) is 0 Å². The molecule has 0 aliphatic heterocycles. The standard InChI is InChI=1S/C8H11NO6S/c10-9(11)8-3-1-2-6(4-8)7(5-8)15-16(12,13)14/h1-2,6-7H,3-5H2,(H,12,13,14). The van der Waals surface area contributed by atoms with Crippen LogP contribution < -0.4 is 0 Å². The first-order valence-corrected chi connectivity index (χ1v) is 6.16. The predicted molar refractivity (Wildman–Crippen MR) is 52.6 cm³/mol. The number of rotatable bonds is 3. The van der Waals surface area contributed by atoms with Crippen molar-refractivity contribution in [3.05, 3.63) is 22.3 Å². The monoisotopic (exact) mass is 249 g/mol. The fraction of sp³-hybridized carbons (Fsp3) is 0.750. The Morgan fingerprint density at radius 3 is 2.69 bits per heavy atom. The molecule has 1 fully saturated rings. The molecule has 2 rings (SSSR count). The van der Waals surface area contributed by atoms with Crippen molar-refractivity contribution in [1.82, 2.24) is 0 Å². The van der Waals surface area contributed by atoms with Crippen molar-refractivity contribution in [3.8, 4) is 0 Å². The predicted octanol–water partition coefficient (Wildman–Crippen LogP) is 0.560. The van der Waals surface area contributed by atoms with Crippen LogP contribution in [0.2, 0.25) is 0 Å². The van der Waals surface area contributed by atoms with Gasteiger partial charge < -0.3 is 0 Å². The van der Waals surface area contributed by atoms with Gasteiger partial charge >= 0.3 is 10.4 Å². The molecule has 2 aliphatic carbocycles. The maximum Gasteiger partial charge on any atom is 0.397 e. The number of hydrogen-bond acceptors (Lipinski definition) is 5. The normalized spacial score (nSPS) is 37.6. The first-order chi connectivity index (χ1) is 7.32. The fourth-order valence-electron chi connectivity index (χ4n) is 2.49. The molecule has 3 unspecified atom stereocenters. The third-order valence-electron chi connectivity index (χ3n) is 3.19. The van der Waals surface area contributed by atoms with Crippen molar-refractivity contribution in [2.24, 2.45) is 5.92 Å². The van der Waals surface area contributed by atoms with Crippen LogP contribution in [0.4, 0.5) is 0 Å². The van der Waals surface area contributed by atoms with Crippen molar-refractivity contribution >= 4 is 10.4 Å². The van der Waals surface area contributed by atoms with Gasteiger partial charge in [0.15, 0.2) is 0 Å². The van der Waals surface area contributed by atoms with E-state index in [2.05, 4.69) is 4.18 Å². The topological polar surface area (TPSA) is 107 Å². The van der Waals surface area contributed by atoms with Crippen LogP contribution in [0.1, 0.15) is 19.3 Å². The minimum Gasteiger partial charge on any atom is -0.264 e. The van der Waals surface area contributed by atoms with Crippen LogP contribution in [0.3, 0.4) is 0 Å². The summed E-state index contributed by atoms with van der Waals surface area (Å²) in [5.41, 5.74) is -1.13. The molecular formula is C8H11NO6S. The van der Waals surface area contributed by atoms with Crippen molar-refractivity contribution in [2.45, 2.75) is 30.9 Å². The molecular weight excluding hydrogens is 238 g/mol. The van der Waals surface area contributed by atoms with Gasteiger partial charge in [-0.2, -0.15) is 8.42 Å². The highest BCUT2D eigenvalue weighted by Crippen LogP contribution is 2.45. The van der Waals surface area contributed by atoms with Crippen LogP contribution in [-0.4, -0.2) is 29.5 Å². The van der Waals surface area contributed by atoms with Crippen LogP contribution in [0, 0.1) is 16.0 Å². The Hall–Kier alpha value is -0.990. The van der Waals surface area contributed by atoms with Crippen LogP contribution >= 0.6 is 0 Å². The van der Waals surface area contributed by atoms with E-state index in [4.69, 9.17) is 4.55 Å². The van der Waals surface area contributed by atoms with E-state index in [0.29, 0.717) is 0 Å². The second-order valence-corrected chi connectivity index (χ2v) is 5.30. The zero-order valence-corrected chi connectivity index (χ0v) is 9.09. The van der Waals surface area contributed by atoms with E-state index in [1.165, 1.54) is 0 Å². The Morgan fingerprint density at radius 1 is 1.50 bits per heavy atom. The van der Waals surface area contributed by atoms with Crippen LogP contribution in [0.25, 0.3) is 0 Å². The van der Waals surface area contributed by atoms with Gasteiger partial charge in [-0.1, -0.05) is 12.2 Å². The molecule has 0 amide bonds. The molecule has 0 saturated heterocycles. The summed E-state index contributed by atoms with van der Waals surface area (Å²) in [4.78, 5) is 10.6. The van der Waals surface area contributed by atoms with E-state index in [0.717, 1.165) is 0 Å². The van der Waals surface area contributed by atoms with Gasteiger partial charge in [0.05, 0.1) is 6.10 Å². The molecule has 0 radical (unpaired) electrons. The van der Waals surface area contributed by atoms with E-state index in [9.17, 15) is 18.5 Å². The van der Waals surface area contributed by atoms with E-state index >= 15 is 0 Å². The largest absolute Gasteiger partial charge is 0.397 e. The number of nitrogens with zero attached hydrogens (tertiary/aromatic N) is 1. The molecule has 16 heavy (non-hydrogen) atoms.